The molecule has 2 aromatic carbocycles. The van der Waals surface area contributed by atoms with Crippen LogP contribution in [0.3, 0.4) is 0 Å². The molecule has 8 heteroatoms. The van der Waals surface area contributed by atoms with Gasteiger partial charge in [-0.25, -0.2) is 4.98 Å². The van der Waals surface area contributed by atoms with E-state index in [0.717, 1.165) is 5.56 Å². The summed E-state index contributed by atoms with van der Waals surface area (Å²) in [4.78, 5) is 17.3. The molecule has 0 spiro atoms. The van der Waals surface area contributed by atoms with Crippen LogP contribution in [-0.2, 0) is 12.3 Å². The highest BCUT2D eigenvalue weighted by molar-refractivity contribution is 7.98. The minimum atomic E-state index is -4.37. The molecule has 3 rings (SSSR count). The Morgan fingerprint density at radius 2 is 1.86 bits per heavy atom. The highest BCUT2D eigenvalue weighted by Gasteiger charge is 2.28. The summed E-state index contributed by atoms with van der Waals surface area (Å²) >= 11 is 1.38. The smallest absolute Gasteiger partial charge is 0.422 e. The molecule has 1 heterocycles. The number of thioether (sulfide) groups is 1. The molecule has 3 aromatic rings. The highest BCUT2D eigenvalue weighted by Crippen LogP contribution is 2.24. The quantitative estimate of drug-likeness (QED) is 0.321. The van der Waals surface area contributed by atoms with Gasteiger partial charge in [0, 0.05) is 12.3 Å². The lowest BCUT2D eigenvalue weighted by atomic mass is 10.2. The van der Waals surface area contributed by atoms with Gasteiger partial charge in [0.25, 0.3) is 5.56 Å². The lowest BCUT2D eigenvalue weighted by Crippen LogP contribution is -2.22. The van der Waals surface area contributed by atoms with Gasteiger partial charge >= 0.3 is 6.18 Å². The lowest BCUT2D eigenvalue weighted by molar-refractivity contribution is -0.153. The van der Waals surface area contributed by atoms with Gasteiger partial charge in [-0.15, -0.1) is 6.58 Å². The molecule has 0 N–H and O–H groups in total. The third kappa shape index (κ3) is 4.95. The Labute approximate surface area is 163 Å². The van der Waals surface area contributed by atoms with Crippen LogP contribution in [0.4, 0.5) is 13.2 Å². The van der Waals surface area contributed by atoms with E-state index in [4.69, 9.17) is 4.74 Å². The van der Waals surface area contributed by atoms with E-state index in [-0.39, 0.29) is 11.3 Å². The van der Waals surface area contributed by atoms with Crippen molar-refractivity contribution < 1.29 is 17.9 Å². The fraction of sp³-hybridized carbons (Fsp3) is 0.200. The maximum Gasteiger partial charge on any atom is 0.422 e. The summed E-state index contributed by atoms with van der Waals surface area (Å²) in [6, 6.07) is 13.5. The summed E-state index contributed by atoms with van der Waals surface area (Å²) in [5, 5.41) is 1.10. The maximum atomic E-state index is 12.7. The van der Waals surface area contributed by atoms with Crippen molar-refractivity contribution in [3.63, 3.8) is 0 Å². The Morgan fingerprint density at radius 3 is 2.54 bits per heavy atom. The third-order valence-corrected chi connectivity index (χ3v) is 4.88. The molecule has 0 saturated carbocycles. The van der Waals surface area contributed by atoms with Gasteiger partial charge in [-0.2, -0.15) is 13.2 Å². The van der Waals surface area contributed by atoms with Gasteiger partial charge in [0.15, 0.2) is 11.8 Å². The van der Waals surface area contributed by atoms with Crippen molar-refractivity contribution in [1.82, 2.24) is 9.55 Å². The number of hydrogen-bond acceptors (Lipinski definition) is 4. The summed E-state index contributed by atoms with van der Waals surface area (Å²) in [6.07, 6.45) is -2.74. The van der Waals surface area contributed by atoms with Crippen LogP contribution in [0, 0.1) is 0 Å². The van der Waals surface area contributed by atoms with Crippen LogP contribution < -0.4 is 10.3 Å². The highest BCUT2D eigenvalue weighted by atomic mass is 32.2. The van der Waals surface area contributed by atoms with Crippen LogP contribution in [0.25, 0.3) is 10.9 Å². The van der Waals surface area contributed by atoms with E-state index in [9.17, 15) is 18.0 Å². The van der Waals surface area contributed by atoms with Crippen molar-refractivity contribution in [3.05, 3.63) is 77.1 Å². The van der Waals surface area contributed by atoms with E-state index in [0.29, 0.717) is 28.4 Å². The second-order valence-corrected chi connectivity index (χ2v) is 6.89. The number of benzene rings is 2. The zero-order valence-electron chi connectivity index (χ0n) is 14.8. The first kappa shape index (κ1) is 20.0. The van der Waals surface area contributed by atoms with Crippen LogP contribution in [0.5, 0.6) is 5.75 Å². The molecule has 0 unspecified atom stereocenters. The van der Waals surface area contributed by atoms with E-state index in [1.165, 1.54) is 23.9 Å². The molecule has 0 aliphatic rings. The van der Waals surface area contributed by atoms with Gasteiger partial charge in [-0.05, 0) is 29.8 Å². The largest absolute Gasteiger partial charge is 0.484 e. The van der Waals surface area contributed by atoms with Crippen LogP contribution in [0.2, 0.25) is 0 Å². The summed E-state index contributed by atoms with van der Waals surface area (Å²) in [6.45, 7) is 2.70. The first-order valence-corrected chi connectivity index (χ1v) is 9.38. The first-order valence-electron chi connectivity index (χ1n) is 8.39. The van der Waals surface area contributed by atoms with Gasteiger partial charge in [0.1, 0.15) is 5.75 Å². The summed E-state index contributed by atoms with van der Waals surface area (Å²) < 4.78 is 42.9. The summed E-state index contributed by atoms with van der Waals surface area (Å²) in [7, 11) is 0. The Morgan fingerprint density at radius 1 is 1.14 bits per heavy atom. The first-order chi connectivity index (χ1) is 13.4. The number of fused-ring (bicyclic) bond motifs is 1. The SMILES string of the molecule is C=CCn1c(SCc2ccc(OCC(F)(F)F)cc2)nc2ccccc2c1=O. The molecule has 146 valence electrons. The molecule has 1 aromatic heterocycles. The lowest BCUT2D eigenvalue weighted by Gasteiger charge is -2.12. The average molecular weight is 406 g/mol. The number of hydrogen-bond donors (Lipinski definition) is 0. The van der Waals surface area contributed by atoms with Crippen molar-refractivity contribution in [3.8, 4) is 5.75 Å². The van der Waals surface area contributed by atoms with Gasteiger partial charge in [0.2, 0.25) is 0 Å². The number of rotatable bonds is 7. The number of nitrogens with zero attached hydrogens (tertiary/aromatic N) is 2. The molecular formula is C20H17F3N2O2S. The van der Waals surface area contributed by atoms with Gasteiger partial charge in [-0.3, -0.25) is 9.36 Å². The molecule has 4 nitrogen and oxygen atoms in total. The van der Waals surface area contributed by atoms with E-state index >= 15 is 0 Å². The average Bonchev–Trinajstić information content (AvgIpc) is 2.67. The fourth-order valence-corrected chi connectivity index (χ4v) is 3.51. The Hall–Kier alpha value is -2.74. The molecule has 0 saturated heterocycles. The van der Waals surface area contributed by atoms with Gasteiger partial charge in [0.05, 0.1) is 10.9 Å². The normalized spacial score (nSPS) is 11.5. The van der Waals surface area contributed by atoms with E-state index in [1.807, 2.05) is 6.07 Å². The molecule has 0 aliphatic heterocycles. The molecule has 0 bridgehead atoms. The molecule has 0 aliphatic carbocycles. The number of alkyl halides is 3. The second-order valence-electron chi connectivity index (χ2n) is 5.95. The minimum absolute atomic E-state index is 0.135. The molecule has 0 fully saturated rings. The zero-order valence-corrected chi connectivity index (χ0v) is 15.6. The van der Waals surface area contributed by atoms with Crippen molar-refractivity contribution >= 4 is 22.7 Å². The Bertz CT molecular complexity index is 1030. The van der Waals surface area contributed by atoms with E-state index in [1.54, 1.807) is 41.0 Å². The number of allylic oxidation sites excluding steroid dienone is 1. The molecule has 0 atom stereocenters. The maximum absolute atomic E-state index is 12.7. The van der Waals surface area contributed by atoms with Crippen LogP contribution in [-0.4, -0.2) is 22.3 Å². The second kappa shape index (κ2) is 8.52. The molecule has 0 radical (unpaired) electrons. The number of aromatic nitrogens is 2. The Balaban J connectivity index is 1.77. The van der Waals surface area contributed by atoms with Gasteiger partial charge in [-0.1, -0.05) is 42.1 Å². The standard InChI is InChI=1S/C20H17F3N2O2S/c1-2-11-25-18(26)16-5-3-4-6-17(16)24-19(25)28-12-14-7-9-15(10-8-14)27-13-20(21,22)23/h2-10H,1,11-13H2. The van der Waals surface area contributed by atoms with Crippen LogP contribution >= 0.6 is 11.8 Å². The predicted octanol–water partition coefficient (Wildman–Crippen LogP) is 4.82. The van der Waals surface area contributed by atoms with Crippen molar-refractivity contribution in [2.45, 2.75) is 23.6 Å². The molecular weight excluding hydrogens is 389 g/mol. The minimum Gasteiger partial charge on any atom is -0.484 e. The van der Waals surface area contributed by atoms with Gasteiger partial charge < -0.3 is 4.74 Å². The van der Waals surface area contributed by atoms with E-state index in [2.05, 4.69) is 11.6 Å². The summed E-state index contributed by atoms with van der Waals surface area (Å²) in [5.41, 5.74) is 1.35. The summed E-state index contributed by atoms with van der Waals surface area (Å²) in [5.74, 6) is 0.653. The molecule has 0 amide bonds. The molecule has 28 heavy (non-hydrogen) atoms. The van der Waals surface area contributed by atoms with Crippen molar-refractivity contribution in [2.75, 3.05) is 6.61 Å². The van der Waals surface area contributed by atoms with Crippen LogP contribution in [0.1, 0.15) is 5.56 Å². The number of para-hydroxylation sites is 1. The predicted molar refractivity (Wildman–Crippen MR) is 104 cm³/mol. The van der Waals surface area contributed by atoms with E-state index < -0.39 is 12.8 Å². The van der Waals surface area contributed by atoms with Crippen LogP contribution in [0.15, 0.2) is 71.1 Å². The Kier molecular flexibility index (Phi) is 6.08. The topological polar surface area (TPSA) is 44.1 Å². The zero-order chi connectivity index (χ0) is 20.1. The van der Waals surface area contributed by atoms with Crippen molar-refractivity contribution in [1.29, 1.82) is 0 Å². The van der Waals surface area contributed by atoms with Crippen molar-refractivity contribution in [2.24, 2.45) is 0 Å². The number of ether oxygens (including phenoxy) is 1. The number of halogens is 3. The monoisotopic (exact) mass is 406 g/mol. The third-order valence-electron chi connectivity index (χ3n) is 3.83. The fourth-order valence-electron chi connectivity index (χ4n) is 2.54.